The van der Waals surface area contributed by atoms with Crippen LogP contribution in [0, 0.1) is 5.41 Å². The van der Waals surface area contributed by atoms with Crippen molar-refractivity contribution in [2.24, 2.45) is 5.41 Å². The van der Waals surface area contributed by atoms with E-state index in [9.17, 15) is 13.2 Å². The SMILES string of the molecule is CC(=O)Nc1ccc(S(=O)(=O)N2CCC3(CCNC3)C2)cc1. The van der Waals surface area contributed by atoms with Gasteiger partial charge in [-0.2, -0.15) is 4.31 Å². The molecule has 0 saturated carbocycles. The van der Waals surface area contributed by atoms with Crippen LogP contribution in [0.25, 0.3) is 0 Å². The lowest BCUT2D eigenvalue weighted by Gasteiger charge is -2.22. The lowest BCUT2D eigenvalue weighted by molar-refractivity contribution is -0.114. The molecule has 22 heavy (non-hydrogen) atoms. The summed E-state index contributed by atoms with van der Waals surface area (Å²) in [5.74, 6) is -0.175. The first kappa shape index (κ1) is 15.5. The summed E-state index contributed by atoms with van der Waals surface area (Å²) in [4.78, 5) is 11.3. The third-order valence-corrected chi connectivity index (χ3v) is 6.41. The first-order chi connectivity index (χ1) is 10.4. The first-order valence-electron chi connectivity index (χ1n) is 7.50. The number of carbonyl (C=O) groups is 1. The summed E-state index contributed by atoms with van der Waals surface area (Å²) in [7, 11) is -3.45. The van der Waals surface area contributed by atoms with Crippen molar-refractivity contribution >= 4 is 21.6 Å². The Morgan fingerprint density at radius 1 is 1.27 bits per heavy atom. The predicted octanol–water partition coefficient (Wildman–Crippen LogP) is 1.02. The largest absolute Gasteiger partial charge is 0.326 e. The van der Waals surface area contributed by atoms with E-state index in [0.717, 1.165) is 25.9 Å². The van der Waals surface area contributed by atoms with Crippen LogP contribution in [0.3, 0.4) is 0 Å². The van der Waals surface area contributed by atoms with Gasteiger partial charge in [0.05, 0.1) is 4.90 Å². The van der Waals surface area contributed by atoms with E-state index >= 15 is 0 Å². The lowest BCUT2D eigenvalue weighted by atomic mass is 9.87. The summed E-state index contributed by atoms with van der Waals surface area (Å²) >= 11 is 0. The van der Waals surface area contributed by atoms with Gasteiger partial charge in [0.1, 0.15) is 0 Å². The number of hydrogen-bond donors (Lipinski definition) is 2. The van der Waals surface area contributed by atoms with Gasteiger partial charge in [-0.25, -0.2) is 8.42 Å². The molecular formula is C15H21N3O3S. The maximum Gasteiger partial charge on any atom is 0.243 e. The maximum absolute atomic E-state index is 12.7. The molecule has 2 saturated heterocycles. The van der Waals surface area contributed by atoms with Crippen LogP contribution in [-0.4, -0.2) is 44.8 Å². The van der Waals surface area contributed by atoms with Gasteiger partial charge in [-0.15, -0.1) is 0 Å². The van der Waals surface area contributed by atoms with Gasteiger partial charge in [-0.1, -0.05) is 0 Å². The van der Waals surface area contributed by atoms with E-state index in [4.69, 9.17) is 0 Å². The molecule has 7 heteroatoms. The monoisotopic (exact) mass is 323 g/mol. The molecule has 0 radical (unpaired) electrons. The molecule has 2 fully saturated rings. The fraction of sp³-hybridized carbons (Fsp3) is 0.533. The van der Waals surface area contributed by atoms with Gasteiger partial charge in [-0.3, -0.25) is 4.79 Å². The summed E-state index contributed by atoms with van der Waals surface area (Å²) in [5, 5.41) is 5.97. The van der Waals surface area contributed by atoms with E-state index < -0.39 is 10.0 Å². The Morgan fingerprint density at radius 2 is 2.00 bits per heavy atom. The number of sulfonamides is 1. The fourth-order valence-corrected chi connectivity index (χ4v) is 4.86. The number of nitrogens with zero attached hydrogens (tertiary/aromatic N) is 1. The Kier molecular flexibility index (Phi) is 3.96. The van der Waals surface area contributed by atoms with Crippen LogP contribution in [0.2, 0.25) is 0 Å². The summed E-state index contributed by atoms with van der Waals surface area (Å²) in [6, 6.07) is 6.35. The molecule has 3 rings (SSSR count). The molecule has 120 valence electrons. The Hall–Kier alpha value is -1.44. The Labute approximate surface area is 130 Å². The van der Waals surface area contributed by atoms with E-state index in [-0.39, 0.29) is 16.2 Å². The molecule has 0 aromatic heterocycles. The molecule has 2 N–H and O–H groups in total. The highest BCUT2D eigenvalue weighted by Crippen LogP contribution is 2.38. The number of nitrogens with one attached hydrogen (secondary N) is 2. The summed E-state index contributed by atoms with van der Waals surface area (Å²) in [6.07, 6.45) is 1.96. The van der Waals surface area contributed by atoms with Crippen molar-refractivity contribution in [3.05, 3.63) is 24.3 Å². The van der Waals surface area contributed by atoms with Crippen molar-refractivity contribution < 1.29 is 13.2 Å². The van der Waals surface area contributed by atoms with Crippen molar-refractivity contribution in [1.82, 2.24) is 9.62 Å². The Morgan fingerprint density at radius 3 is 2.59 bits per heavy atom. The smallest absolute Gasteiger partial charge is 0.243 e. The zero-order chi connectivity index (χ0) is 15.8. The fourth-order valence-electron chi connectivity index (χ4n) is 3.31. The quantitative estimate of drug-likeness (QED) is 0.870. The van der Waals surface area contributed by atoms with Gasteiger partial charge in [0.15, 0.2) is 0 Å². The minimum atomic E-state index is -3.45. The second kappa shape index (κ2) is 5.64. The van der Waals surface area contributed by atoms with Gasteiger partial charge in [-0.05, 0) is 49.1 Å². The molecule has 1 aromatic rings. The van der Waals surface area contributed by atoms with Gasteiger partial charge >= 0.3 is 0 Å². The molecule has 2 aliphatic rings. The normalized spacial score (nSPS) is 25.7. The van der Waals surface area contributed by atoms with Crippen LogP contribution in [0.1, 0.15) is 19.8 Å². The minimum Gasteiger partial charge on any atom is -0.326 e. The average Bonchev–Trinajstić information content (AvgIpc) is 3.10. The molecule has 2 heterocycles. The molecular weight excluding hydrogens is 302 g/mol. The maximum atomic E-state index is 12.7. The summed E-state index contributed by atoms with van der Waals surface area (Å²) < 4.78 is 27.0. The molecule has 0 aliphatic carbocycles. The van der Waals surface area contributed by atoms with Crippen LogP contribution >= 0.6 is 0 Å². The number of amides is 1. The highest BCUT2D eigenvalue weighted by Gasteiger charge is 2.44. The van der Waals surface area contributed by atoms with Crippen LogP contribution in [0.15, 0.2) is 29.2 Å². The van der Waals surface area contributed by atoms with Crippen LogP contribution in [-0.2, 0) is 14.8 Å². The predicted molar refractivity (Wildman–Crippen MR) is 84.0 cm³/mol. The number of hydrogen-bond acceptors (Lipinski definition) is 4. The van der Waals surface area contributed by atoms with E-state index in [1.807, 2.05) is 0 Å². The van der Waals surface area contributed by atoms with Gasteiger partial charge in [0.2, 0.25) is 15.9 Å². The molecule has 1 spiro atoms. The van der Waals surface area contributed by atoms with Crippen molar-refractivity contribution in [2.75, 3.05) is 31.5 Å². The molecule has 1 unspecified atom stereocenters. The molecule has 2 aliphatic heterocycles. The van der Waals surface area contributed by atoms with Gasteiger partial charge in [0.25, 0.3) is 0 Å². The van der Waals surface area contributed by atoms with E-state index in [1.54, 1.807) is 28.6 Å². The minimum absolute atomic E-state index is 0.114. The zero-order valence-corrected chi connectivity index (χ0v) is 13.4. The van der Waals surface area contributed by atoms with Crippen LogP contribution in [0.5, 0.6) is 0 Å². The Balaban J connectivity index is 1.77. The molecule has 6 nitrogen and oxygen atoms in total. The van der Waals surface area contributed by atoms with Crippen molar-refractivity contribution in [3.8, 4) is 0 Å². The number of anilines is 1. The first-order valence-corrected chi connectivity index (χ1v) is 8.94. The number of benzene rings is 1. The third kappa shape index (κ3) is 2.88. The average molecular weight is 323 g/mol. The number of carbonyl (C=O) groups excluding carboxylic acids is 1. The second-order valence-corrected chi connectivity index (χ2v) is 8.16. The van der Waals surface area contributed by atoms with Crippen molar-refractivity contribution in [2.45, 2.75) is 24.7 Å². The summed E-state index contributed by atoms with van der Waals surface area (Å²) in [5.41, 5.74) is 0.716. The van der Waals surface area contributed by atoms with Crippen molar-refractivity contribution in [1.29, 1.82) is 0 Å². The third-order valence-electron chi connectivity index (χ3n) is 4.55. The van der Waals surface area contributed by atoms with E-state index in [0.29, 0.717) is 18.8 Å². The topological polar surface area (TPSA) is 78.5 Å². The highest BCUT2D eigenvalue weighted by atomic mass is 32.2. The lowest BCUT2D eigenvalue weighted by Crippen LogP contribution is -2.33. The zero-order valence-electron chi connectivity index (χ0n) is 12.6. The van der Waals surface area contributed by atoms with Gasteiger partial charge in [0, 0.05) is 32.2 Å². The van der Waals surface area contributed by atoms with E-state index in [2.05, 4.69) is 10.6 Å². The van der Waals surface area contributed by atoms with Crippen molar-refractivity contribution in [3.63, 3.8) is 0 Å². The number of rotatable bonds is 3. The second-order valence-electron chi connectivity index (χ2n) is 6.22. The van der Waals surface area contributed by atoms with Crippen LogP contribution < -0.4 is 10.6 Å². The summed E-state index contributed by atoms with van der Waals surface area (Å²) in [6.45, 7) is 4.47. The highest BCUT2D eigenvalue weighted by molar-refractivity contribution is 7.89. The molecule has 0 bridgehead atoms. The van der Waals surface area contributed by atoms with Gasteiger partial charge < -0.3 is 10.6 Å². The molecule has 1 atom stereocenters. The standard InChI is InChI=1S/C15H21N3O3S/c1-12(19)17-13-2-4-14(5-3-13)22(20,21)18-9-7-15(11-18)6-8-16-10-15/h2-5,16H,6-11H2,1H3,(H,17,19). The van der Waals surface area contributed by atoms with Crippen LogP contribution in [0.4, 0.5) is 5.69 Å². The molecule has 1 amide bonds. The Bertz CT molecular complexity index is 664. The van der Waals surface area contributed by atoms with E-state index in [1.165, 1.54) is 6.92 Å². The molecule has 1 aromatic carbocycles.